The van der Waals surface area contributed by atoms with Gasteiger partial charge in [-0.2, -0.15) is 0 Å². The van der Waals surface area contributed by atoms with Crippen LogP contribution in [0.15, 0.2) is 48.5 Å². The molecule has 2 N–H and O–H groups in total. The Hall–Kier alpha value is -2.24. The molecule has 0 aliphatic carbocycles. The van der Waals surface area contributed by atoms with Crippen LogP contribution in [0.2, 0.25) is 5.02 Å². The number of halogens is 2. The Balaban J connectivity index is 1.68. The minimum absolute atomic E-state index is 0.155. The molecule has 1 aliphatic heterocycles. The maximum absolute atomic E-state index is 12.9. The summed E-state index contributed by atoms with van der Waals surface area (Å²) in [6, 6.07) is 12.2. The second-order valence-corrected chi connectivity index (χ2v) is 5.86. The fourth-order valence-corrected chi connectivity index (χ4v) is 2.73. The third-order valence-electron chi connectivity index (χ3n) is 3.82. The van der Waals surface area contributed by atoms with Crippen molar-refractivity contribution in [3.63, 3.8) is 0 Å². The number of benzene rings is 2. The highest BCUT2D eigenvalue weighted by Crippen LogP contribution is 2.23. The Morgan fingerprint density at radius 2 is 1.74 bits per heavy atom. The number of anilines is 1. The summed E-state index contributed by atoms with van der Waals surface area (Å²) in [5.74, 6) is -0.758. The van der Waals surface area contributed by atoms with Crippen LogP contribution < -0.4 is 10.2 Å². The molecule has 1 fully saturated rings. The van der Waals surface area contributed by atoms with Crippen molar-refractivity contribution in [3.05, 3.63) is 64.9 Å². The van der Waals surface area contributed by atoms with E-state index in [4.69, 9.17) is 11.6 Å². The average molecular weight is 334 g/mol. The van der Waals surface area contributed by atoms with Crippen LogP contribution >= 0.6 is 11.6 Å². The third-order valence-corrected chi connectivity index (χ3v) is 4.07. The number of quaternary nitrogens is 1. The highest BCUT2D eigenvalue weighted by Gasteiger charge is 2.42. The fourth-order valence-electron chi connectivity index (χ4n) is 2.60. The molecule has 23 heavy (non-hydrogen) atoms. The summed E-state index contributed by atoms with van der Waals surface area (Å²) in [5, 5.41) is 2.36. The first kappa shape index (κ1) is 15.6. The lowest BCUT2D eigenvalue weighted by Gasteiger charge is -2.14. The molecule has 4 nitrogen and oxygen atoms in total. The van der Waals surface area contributed by atoms with Crippen LogP contribution in [0.3, 0.4) is 0 Å². The largest absolute Gasteiger partial charge is 0.332 e. The van der Waals surface area contributed by atoms with E-state index in [1.54, 1.807) is 36.4 Å². The van der Waals surface area contributed by atoms with Gasteiger partial charge in [0.1, 0.15) is 12.4 Å². The van der Waals surface area contributed by atoms with Gasteiger partial charge < -0.3 is 5.32 Å². The summed E-state index contributed by atoms with van der Waals surface area (Å²) in [7, 11) is 0. The van der Waals surface area contributed by atoms with Crippen LogP contribution in [0.1, 0.15) is 12.0 Å². The number of hydrogen-bond acceptors (Lipinski definition) is 2. The van der Waals surface area contributed by atoms with Crippen LogP contribution in [0.4, 0.5) is 10.1 Å². The number of carbonyl (C=O) groups excluding carboxylic acids is 2. The van der Waals surface area contributed by atoms with Crippen molar-refractivity contribution < 1.29 is 19.3 Å². The summed E-state index contributed by atoms with van der Waals surface area (Å²) >= 11 is 5.83. The number of imide groups is 1. The molecular weight excluding hydrogens is 319 g/mol. The Kier molecular flexibility index (Phi) is 4.41. The summed E-state index contributed by atoms with van der Waals surface area (Å²) in [6.45, 7) is 0.512. The Bertz CT molecular complexity index is 731. The normalized spacial score (nSPS) is 17.8. The van der Waals surface area contributed by atoms with Crippen molar-refractivity contribution in [2.24, 2.45) is 0 Å². The third kappa shape index (κ3) is 3.41. The van der Waals surface area contributed by atoms with Crippen molar-refractivity contribution in [2.45, 2.75) is 19.0 Å². The molecule has 2 aromatic carbocycles. The van der Waals surface area contributed by atoms with Gasteiger partial charge in [0.25, 0.3) is 5.91 Å². The van der Waals surface area contributed by atoms with Gasteiger partial charge in [0, 0.05) is 10.6 Å². The summed E-state index contributed by atoms with van der Waals surface area (Å²) < 4.78 is 12.9. The van der Waals surface area contributed by atoms with Crippen LogP contribution in [0, 0.1) is 5.82 Å². The van der Waals surface area contributed by atoms with E-state index in [9.17, 15) is 14.0 Å². The molecule has 2 amide bonds. The summed E-state index contributed by atoms with van der Waals surface area (Å²) in [4.78, 5) is 25.8. The lowest BCUT2D eigenvalue weighted by molar-refractivity contribution is -0.690. The zero-order valence-corrected chi connectivity index (χ0v) is 13.0. The minimum Gasteiger partial charge on any atom is -0.332 e. The first-order valence-electron chi connectivity index (χ1n) is 7.25. The average Bonchev–Trinajstić information content (AvgIpc) is 2.82. The highest BCUT2D eigenvalue weighted by molar-refractivity contribution is 6.30. The topological polar surface area (TPSA) is 54.0 Å². The van der Waals surface area contributed by atoms with Crippen LogP contribution in [-0.2, 0) is 16.1 Å². The highest BCUT2D eigenvalue weighted by atomic mass is 35.5. The van der Waals surface area contributed by atoms with Crippen LogP contribution in [-0.4, -0.2) is 17.9 Å². The second kappa shape index (κ2) is 6.48. The molecule has 0 spiro atoms. The molecule has 1 atom stereocenters. The molecule has 0 bridgehead atoms. The zero-order chi connectivity index (χ0) is 16.4. The maximum atomic E-state index is 12.9. The number of carbonyl (C=O) groups is 2. The van der Waals surface area contributed by atoms with E-state index in [-0.39, 0.29) is 24.1 Å². The van der Waals surface area contributed by atoms with E-state index >= 15 is 0 Å². The van der Waals surface area contributed by atoms with E-state index in [0.717, 1.165) is 5.56 Å². The van der Waals surface area contributed by atoms with Gasteiger partial charge in [-0.05, 0) is 36.4 Å². The number of amides is 2. The maximum Gasteiger partial charge on any atom is 0.292 e. The van der Waals surface area contributed by atoms with Crippen molar-refractivity contribution in [1.82, 2.24) is 0 Å². The second-order valence-electron chi connectivity index (χ2n) is 5.42. The van der Waals surface area contributed by atoms with Gasteiger partial charge in [-0.1, -0.05) is 23.7 Å². The number of nitrogens with two attached hydrogens (primary N) is 1. The van der Waals surface area contributed by atoms with E-state index in [1.807, 2.05) is 5.32 Å². The molecule has 3 rings (SSSR count). The van der Waals surface area contributed by atoms with Crippen LogP contribution in [0.5, 0.6) is 0 Å². The molecule has 2 aromatic rings. The molecular formula is C17H15ClFN2O2+. The molecule has 0 unspecified atom stereocenters. The predicted octanol–water partition coefficient (Wildman–Crippen LogP) is 1.87. The Morgan fingerprint density at radius 1 is 1.09 bits per heavy atom. The van der Waals surface area contributed by atoms with Gasteiger partial charge >= 0.3 is 0 Å². The Labute approximate surface area is 137 Å². The lowest BCUT2D eigenvalue weighted by atomic mass is 10.2. The van der Waals surface area contributed by atoms with Crippen molar-refractivity contribution in [1.29, 1.82) is 0 Å². The quantitative estimate of drug-likeness (QED) is 0.869. The molecule has 0 aromatic heterocycles. The van der Waals surface area contributed by atoms with Gasteiger partial charge in [-0.3, -0.25) is 9.59 Å². The molecule has 118 valence electrons. The number of hydrogen-bond donors (Lipinski definition) is 1. The fraction of sp³-hybridized carbons (Fsp3) is 0.176. The van der Waals surface area contributed by atoms with Crippen molar-refractivity contribution in [3.8, 4) is 0 Å². The SMILES string of the molecule is O=C1C[C@@H]([NH2+]Cc2ccc(F)cc2)C(=O)N1c1ccc(Cl)cc1. The van der Waals surface area contributed by atoms with Gasteiger partial charge in [-0.25, -0.2) is 9.29 Å². The summed E-state index contributed by atoms with van der Waals surface area (Å²) in [5.41, 5.74) is 1.43. The molecule has 0 radical (unpaired) electrons. The molecule has 1 aliphatic rings. The van der Waals surface area contributed by atoms with Gasteiger partial charge in [0.15, 0.2) is 6.04 Å². The Morgan fingerprint density at radius 3 is 2.39 bits per heavy atom. The zero-order valence-electron chi connectivity index (χ0n) is 12.2. The molecule has 1 saturated heterocycles. The van der Waals surface area contributed by atoms with E-state index < -0.39 is 6.04 Å². The van der Waals surface area contributed by atoms with Gasteiger partial charge in [0.2, 0.25) is 5.91 Å². The number of nitrogens with zero attached hydrogens (tertiary/aromatic N) is 1. The molecule has 0 saturated carbocycles. The first-order valence-corrected chi connectivity index (χ1v) is 7.62. The van der Waals surface area contributed by atoms with E-state index in [1.165, 1.54) is 17.0 Å². The monoisotopic (exact) mass is 333 g/mol. The number of rotatable bonds is 4. The van der Waals surface area contributed by atoms with E-state index in [2.05, 4.69) is 0 Å². The summed E-state index contributed by atoms with van der Waals surface area (Å²) in [6.07, 6.45) is 0.155. The molecule has 6 heteroatoms. The standard InChI is InChI=1S/C17H14ClFN2O2/c18-12-3-7-14(8-4-12)21-16(22)9-15(17(21)23)20-10-11-1-5-13(19)6-2-11/h1-8,15,20H,9-10H2/p+1/t15-/m1/s1. The molecule has 1 heterocycles. The van der Waals surface area contributed by atoms with Gasteiger partial charge in [0.05, 0.1) is 12.1 Å². The predicted molar refractivity (Wildman–Crippen MR) is 84.4 cm³/mol. The first-order chi connectivity index (χ1) is 11.0. The van der Waals surface area contributed by atoms with Crippen LogP contribution in [0.25, 0.3) is 0 Å². The van der Waals surface area contributed by atoms with Crippen molar-refractivity contribution in [2.75, 3.05) is 4.90 Å². The smallest absolute Gasteiger partial charge is 0.292 e. The van der Waals surface area contributed by atoms with Gasteiger partial charge in [-0.15, -0.1) is 0 Å². The minimum atomic E-state index is -0.455. The van der Waals surface area contributed by atoms with Crippen molar-refractivity contribution >= 4 is 29.1 Å². The lowest BCUT2D eigenvalue weighted by Crippen LogP contribution is -2.90. The van der Waals surface area contributed by atoms with E-state index in [0.29, 0.717) is 17.3 Å².